The average Bonchev–Trinajstić information content (AvgIpc) is 3.21. The Balaban J connectivity index is 1.62. The first-order valence-corrected chi connectivity index (χ1v) is 10.5. The largest absolute Gasteiger partial charge is 0.363 e. The molecule has 0 radical (unpaired) electrons. The minimum atomic E-state index is -0.400. The van der Waals surface area contributed by atoms with Crippen molar-refractivity contribution in [1.29, 1.82) is 0 Å². The van der Waals surface area contributed by atoms with Gasteiger partial charge in [-0.2, -0.15) is 0 Å². The quantitative estimate of drug-likeness (QED) is 0.447. The molecule has 0 saturated carbocycles. The van der Waals surface area contributed by atoms with Gasteiger partial charge in [-0.25, -0.2) is 15.0 Å². The number of rotatable bonds is 6. The number of hydrogen-bond acceptors (Lipinski definition) is 8. The molecule has 0 aliphatic carbocycles. The van der Waals surface area contributed by atoms with Crippen LogP contribution in [0.1, 0.15) is 37.7 Å². The van der Waals surface area contributed by atoms with Crippen LogP contribution in [0.3, 0.4) is 0 Å². The van der Waals surface area contributed by atoms with Crippen molar-refractivity contribution >= 4 is 34.1 Å². The smallest absolute Gasteiger partial charge is 0.269 e. The van der Waals surface area contributed by atoms with Crippen molar-refractivity contribution in [3.05, 3.63) is 58.0 Å². The summed E-state index contributed by atoms with van der Waals surface area (Å²) in [7, 11) is 0. The number of anilines is 2. The number of hydrogen-bond donors (Lipinski definition) is 2. The number of nitrogens with zero attached hydrogens (tertiary/aromatic N) is 5. The number of nitrogens with one attached hydrogen (secondary N) is 2. The number of aromatic nitrogens is 3. The Kier molecular flexibility index (Phi) is 5.85. The number of pyridine rings is 1. The third-order valence-corrected chi connectivity index (χ3v) is 5.53. The van der Waals surface area contributed by atoms with Gasteiger partial charge in [-0.15, -0.1) is 0 Å². The van der Waals surface area contributed by atoms with Crippen LogP contribution in [0.2, 0.25) is 0 Å². The standard InChI is InChI=1S/C22H25N7O3/c1-13(16-5-4-6-18(9-16)29(31)32)24-22-19-10-21(23-11-20(19)25-14(2)26-22)28-8-7-17(12-28)27-15(3)30/h4-6,9-11,13,17H,7-8,12H2,1-3H3,(H,27,30)(H,24,25,26)/t13-,17-/m1/s1. The fourth-order valence-electron chi connectivity index (χ4n) is 3.99. The lowest BCUT2D eigenvalue weighted by atomic mass is 10.1. The molecule has 10 heteroatoms. The SMILES string of the molecule is CC(=O)N[C@@H]1CCN(c2cc3c(N[C@H](C)c4cccc([N+](=O)[O-])c4)nc(C)nc3cn2)C1. The highest BCUT2D eigenvalue weighted by Gasteiger charge is 2.24. The Bertz CT molecular complexity index is 1180. The molecular formula is C22H25N7O3. The molecule has 2 aromatic heterocycles. The van der Waals surface area contributed by atoms with Crippen LogP contribution < -0.4 is 15.5 Å². The van der Waals surface area contributed by atoms with Crippen molar-refractivity contribution in [2.45, 2.75) is 39.3 Å². The van der Waals surface area contributed by atoms with E-state index in [0.29, 0.717) is 23.7 Å². The Hall–Kier alpha value is -3.82. The van der Waals surface area contributed by atoms with E-state index in [0.717, 1.165) is 29.7 Å². The second-order valence-electron chi connectivity index (χ2n) is 8.03. The highest BCUT2D eigenvalue weighted by molar-refractivity contribution is 5.90. The summed E-state index contributed by atoms with van der Waals surface area (Å²) in [5.41, 5.74) is 1.55. The zero-order chi connectivity index (χ0) is 22.8. The molecule has 2 N–H and O–H groups in total. The molecule has 166 valence electrons. The summed E-state index contributed by atoms with van der Waals surface area (Å²) in [6, 6.07) is 8.41. The van der Waals surface area contributed by atoms with E-state index in [-0.39, 0.29) is 23.7 Å². The molecule has 0 unspecified atom stereocenters. The Morgan fingerprint density at radius 1 is 1.31 bits per heavy atom. The first kappa shape index (κ1) is 21.4. The highest BCUT2D eigenvalue weighted by atomic mass is 16.6. The van der Waals surface area contributed by atoms with Crippen LogP contribution >= 0.6 is 0 Å². The summed E-state index contributed by atoms with van der Waals surface area (Å²) in [5.74, 6) is 2.01. The zero-order valence-electron chi connectivity index (χ0n) is 18.2. The number of nitro groups is 1. The van der Waals surface area contributed by atoms with Crippen LogP contribution in [-0.2, 0) is 4.79 Å². The van der Waals surface area contributed by atoms with Crippen LogP contribution in [-0.4, -0.2) is 44.9 Å². The molecule has 2 atom stereocenters. The molecule has 1 aliphatic rings. The number of fused-ring (bicyclic) bond motifs is 1. The lowest BCUT2D eigenvalue weighted by molar-refractivity contribution is -0.384. The van der Waals surface area contributed by atoms with Crippen molar-refractivity contribution in [3.8, 4) is 0 Å². The topological polar surface area (TPSA) is 126 Å². The number of non-ortho nitro benzene ring substituents is 1. The summed E-state index contributed by atoms with van der Waals surface area (Å²) in [6.45, 7) is 6.76. The highest BCUT2D eigenvalue weighted by Crippen LogP contribution is 2.29. The van der Waals surface area contributed by atoms with E-state index in [2.05, 4.69) is 30.5 Å². The second kappa shape index (κ2) is 8.74. The van der Waals surface area contributed by atoms with Crippen molar-refractivity contribution in [1.82, 2.24) is 20.3 Å². The fraction of sp³-hybridized carbons (Fsp3) is 0.364. The molecule has 1 amide bonds. The first-order valence-electron chi connectivity index (χ1n) is 10.5. The molecule has 1 aliphatic heterocycles. The number of benzene rings is 1. The molecular weight excluding hydrogens is 410 g/mol. The van der Waals surface area contributed by atoms with Crippen LogP contribution in [0.25, 0.3) is 10.9 Å². The van der Waals surface area contributed by atoms with Gasteiger partial charge in [0.2, 0.25) is 5.91 Å². The van der Waals surface area contributed by atoms with Crippen LogP contribution in [0.4, 0.5) is 17.3 Å². The third kappa shape index (κ3) is 4.58. The first-order chi connectivity index (χ1) is 15.3. The van der Waals surface area contributed by atoms with E-state index in [1.807, 2.05) is 26.0 Å². The average molecular weight is 435 g/mol. The molecule has 1 fully saturated rings. The van der Waals surface area contributed by atoms with Gasteiger partial charge in [-0.3, -0.25) is 14.9 Å². The van der Waals surface area contributed by atoms with Crippen molar-refractivity contribution in [2.75, 3.05) is 23.3 Å². The third-order valence-electron chi connectivity index (χ3n) is 5.53. The number of carbonyl (C=O) groups excluding carboxylic acids is 1. The fourth-order valence-corrected chi connectivity index (χ4v) is 3.99. The van der Waals surface area contributed by atoms with E-state index in [1.165, 1.54) is 13.0 Å². The van der Waals surface area contributed by atoms with Crippen molar-refractivity contribution in [3.63, 3.8) is 0 Å². The Morgan fingerprint density at radius 3 is 2.88 bits per heavy atom. The Morgan fingerprint density at radius 2 is 2.12 bits per heavy atom. The second-order valence-corrected chi connectivity index (χ2v) is 8.03. The van der Waals surface area contributed by atoms with E-state index >= 15 is 0 Å². The number of carbonyl (C=O) groups is 1. The monoisotopic (exact) mass is 435 g/mol. The van der Waals surface area contributed by atoms with Crippen LogP contribution in [0.15, 0.2) is 36.5 Å². The molecule has 32 heavy (non-hydrogen) atoms. The maximum absolute atomic E-state index is 11.4. The van der Waals surface area contributed by atoms with E-state index < -0.39 is 4.92 Å². The predicted molar refractivity (Wildman–Crippen MR) is 122 cm³/mol. The van der Waals surface area contributed by atoms with Gasteiger partial charge in [0.25, 0.3) is 5.69 Å². The number of aryl methyl sites for hydroxylation is 1. The molecule has 3 aromatic rings. The van der Waals surface area contributed by atoms with E-state index in [9.17, 15) is 14.9 Å². The summed E-state index contributed by atoms with van der Waals surface area (Å²) >= 11 is 0. The summed E-state index contributed by atoms with van der Waals surface area (Å²) in [5, 5.41) is 18.3. The molecule has 1 saturated heterocycles. The van der Waals surface area contributed by atoms with Gasteiger partial charge >= 0.3 is 0 Å². The van der Waals surface area contributed by atoms with E-state index in [1.54, 1.807) is 18.3 Å². The summed E-state index contributed by atoms with van der Waals surface area (Å²) in [6.07, 6.45) is 2.59. The molecule has 10 nitrogen and oxygen atoms in total. The summed E-state index contributed by atoms with van der Waals surface area (Å²) in [4.78, 5) is 37.9. The van der Waals surface area contributed by atoms with Gasteiger partial charge in [0, 0.05) is 43.6 Å². The van der Waals surface area contributed by atoms with Gasteiger partial charge in [-0.05, 0) is 31.9 Å². The van der Waals surface area contributed by atoms with Crippen LogP contribution in [0, 0.1) is 17.0 Å². The molecule has 3 heterocycles. The molecule has 0 spiro atoms. The normalized spacial score (nSPS) is 16.7. The maximum atomic E-state index is 11.4. The molecule has 1 aromatic carbocycles. The number of nitro benzene ring substituents is 1. The maximum Gasteiger partial charge on any atom is 0.269 e. The Labute approximate surface area is 185 Å². The molecule has 4 rings (SSSR count). The van der Waals surface area contributed by atoms with Crippen molar-refractivity contribution in [2.24, 2.45) is 0 Å². The minimum absolute atomic E-state index is 0.0335. The minimum Gasteiger partial charge on any atom is -0.363 e. The predicted octanol–water partition coefficient (Wildman–Crippen LogP) is 3.13. The summed E-state index contributed by atoms with van der Waals surface area (Å²) < 4.78 is 0. The zero-order valence-corrected chi connectivity index (χ0v) is 18.2. The van der Waals surface area contributed by atoms with Crippen LogP contribution in [0.5, 0.6) is 0 Å². The van der Waals surface area contributed by atoms with Gasteiger partial charge < -0.3 is 15.5 Å². The number of amides is 1. The van der Waals surface area contributed by atoms with Gasteiger partial charge in [0.15, 0.2) is 0 Å². The van der Waals surface area contributed by atoms with Gasteiger partial charge in [0.1, 0.15) is 17.5 Å². The van der Waals surface area contributed by atoms with Gasteiger partial charge in [0.05, 0.1) is 22.7 Å². The van der Waals surface area contributed by atoms with Crippen molar-refractivity contribution < 1.29 is 9.72 Å². The lowest BCUT2D eigenvalue weighted by Gasteiger charge is -2.20. The molecule has 0 bridgehead atoms. The van der Waals surface area contributed by atoms with E-state index in [4.69, 9.17) is 0 Å². The lowest BCUT2D eigenvalue weighted by Crippen LogP contribution is -2.35. The van der Waals surface area contributed by atoms with Gasteiger partial charge in [-0.1, -0.05) is 12.1 Å².